The van der Waals surface area contributed by atoms with E-state index in [9.17, 15) is 18.0 Å². The number of nitrogens with zero attached hydrogens (tertiary/aromatic N) is 2. The lowest BCUT2D eigenvalue weighted by Crippen LogP contribution is -2.24. The highest BCUT2D eigenvalue weighted by Crippen LogP contribution is 2.29. The molecular formula is C21H23N3O4S. The van der Waals surface area contributed by atoms with Crippen molar-refractivity contribution in [1.82, 2.24) is 0 Å². The number of hydrogen-bond acceptors (Lipinski definition) is 4. The number of rotatable bonds is 5. The molecule has 152 valence electrons. The van der Waals surface area contributed by atoms with Crippen molar-refractivity contribution >= 4 is 38.9 Å². The summed E-state index contributed by atoms with van der Waals surface area (Å²) in [5.74, 6) is 0.156. The Balaban J connectivity index is 1.52. The summed E-state index contributed by atoms with van der Waals surface area (Å²) in [4.78, 5) is 27.4. The lowest BCUT2D eigenvalue weighted by molar-refractivity contribution is -0.117. The third-order valence-corrected chi connectivity index (χ3v) is 6.73. The van der Waals surface area contributed by atoms with Gasteiger partial charge in [-0.2, -0.15) is 0 Å². The highest BCUT2D eigenvalue weighted by atomic mass is 32.2. The Labute approximate surface area is 170 Å². The van der Waals surface area contributed by atoms with Crippen molar-refractivity contribution in [1.29, 1.82) is 0 Å². The van der Waals surface area contributed by atoms with E-state index in [2.05, 4.69) is 4.72 Å². The van der Waals surface area contributed by atoms with Crippen LogP contribution in [0.2, 0.25) is 0 Å². The first-order chi connectivity index (χ1) is 13.8. The fraction of sp³-hybridized carbons (Fsp3) is 0.333. The second-order valence-electron chi connectivity index (χ2n) is 7.40. The Morgan fingerprint density at radius 2 is 1.48 bits per heavy atom. The summed E-state index contributed by atoms with van der Waals surface area (Å²) in [6, 6.07) is 11.6. The minimum absolute atomic E-state index is 0.0680. The highest BCUT2D eigenvalue weighted by Gasteiger charge is 2.25. The van der Waals surface area contributed by atoms with Crippen LogP contribution >= 0.6 is 0 Å². The van der Waals surface area contributed by atoms with E-state index in [1.165, 1.54) is 6.07 Å². The lowest BCUT2D eigenvalue weighted by Gasteiger charge is -2.19. The Morgan fingerprint density at radius 3 is 2.03 bits per heavy atom. The Bertz CT molecular complexity index is 1060. The maximum Gasteiger partial charge on any atom is 0.261 e. The zero-order valence-electron chi connectivity index (χ0n) is 16.2. The van der Waals surface area contributed by atoms with Crippen molar-refractivity contribution in [3.63, 3.8) is 0 Å². The maximum absolute atomic E-state index is 12.8. The van der Waals surface area contributed by atoms with Gasteiger partial charge in [0.25, 0.3) is 10.0 Å². The second kappa shape index (κ2) is 7.51. The number of aryl methyl sites for hydroxylation is 1. The van der Waals surface area contributed by atoms with Crippen molar-refractivity contribution in [2.45, 2.75) is 37.5 Å². The number of carbonyl (C=O) groups is 2. The van der Waals surface area contributed by atoms with E-state index in [0.717, 1.165) is 29.8 Å². The summed E-state index contributed by atoms with van der Waals surface area (Å²) < 4.78 is 28.2. The van der Waals surface area contributed by atoms with E-state index >= 15 is 0 Å². The molecule has 0 radical (unpaired) electrons. The van der Waals surface area contributed by atoms with Crippen molar-refractivity contribution in [3.8, 4) is 0 Å². The fourth-order valence-electron chi connectivity index (χ4n) is 3.85. The van der Waals surface area contributed by atoms with E-state index in [0.29, 0.717) is 31.6 Å². The molecule has 2 aliphatic heterocycles. The summed E-state index contributed by atoms with van der Waals surface area (Å²) in [5, 5.41) is 0. The minimum atomic E-state index is -3.77. The van der Waals surface area contributed by atoms with Crippen LogP contribution in [0.15, 0.2) is 47.4 Å². The molecule has 0 spiro atoms. The summed E-state index contributed by atoms with van der Waals surface area (Å²) >= 11 is 0. The molecule has 4 rings (SSSR count). The predicted molar refractivity (Wildman–Crippen MR) is 112 cm³/mol. The molecule has 2 saturated heterocycles. The van der Waals surface area contributed by atoms with Crippen LogP contribution in [0.5, 0.6) is 0 Å². The maximum atomic E-state index is 12.8. The molecule has 0 aromatic heterocycles. The number of amides is 2. The molecule has 8 heteroatoms. The molecule has 0 atom stereocenters. The number of hydrogen-bond donors (Lipinski definition) is 1. The zero-order valence-corrected chi connectivity index (χ0v) is 17.0. The Kier molecular flexibility index (Phi) is 5.04. The third kappa shape index (κ3) is 3.85. The summed E-state index contributed by atoms with van der Waals surface area (Å²) in [6.45, 7) is 3.16. The lowest BCUT2D eigenvalue weighted by atomic mass is 10.2. The number of anilines is 3. The minimum Gasteiger partial charge on any atom is -0.312 e. The van der Waals surface area contributed by atoms with Gasteiger partial charge in [-0.15, -0.1) is 0 Å². The summed E-state index contributed by atoms with van der Waals surface area (Å²) in [6.07, 6.45) is 2.73. The molecule has 0 saturated carbocycles. The zero-order chi connectivity index (χ0) is 20.6. The number of carbonyl (C=O) groups excluding carboxylic acids is 2. The van der Waals surface area contributed by atoms with E-state index in [1.54, 1.807) is 46.2 Å². The van der Waals surface area contributed by atoms with Gasteiger partial charge in [0.2, 0.25) is 11.8 Å². The summed E-state index contributed by atoms with van der Waals surface area (Å²) in [7, 11) is -3.77. The monoisotopic (exact) mass is 413 g/mol. The van der Waals surface area contributed by atoms with Gasteiger partial charge in [0.05, 0.1) is 4.90 Å². The van der Waals surface area contributed by atoms with Crippen molar-refractivity contribution in [2.24, 2.45) is 0 Å². The molecule has 2 aliphatic rings. The normalized spacial score (nSPS) is 17.3. The van der Waals surface area contributed by atoms with E-state index in [4.69, 9.17) is 0 Å². The molecule has 2 aromatic carbocycles. The predicted octanol–water partition coefficient (Wildman–Crippen LogP) is 3.05. The van der Waals surface area contributed by atoms with Gasteiger partial charge in [0, 0.05) is 43.0 Å². The van der Waals surface area contributed by atoms with Crippen molar-refractivity contribution in [2.75, 3.05) is 27.6 Å². The van der Waals surface area contributed by atoms with Crippen LogP contribution < -0.4 is 14.5 Å². The summed E-state index contributed by atoms with van der Waals surface area (Å²) in [5.41, 5.74) is 2.69. The molecule has 2 amide bonds. The van der Waals surface area contributed by atoms with E-state index in [1.807, 2.05) is 6.92 Å². The number of sulfonamides is 1. The molecule has 0 bridgehead atoms. The van der Waals surface area contributed by atoms with Gasteiger partial charge in [-0.25, -0.2) is 8.42 Å². The molecule has 2 heterocycles. The van der Waals surface area contributed by atoms with Gasteiger partial charge in [-0.3, -0.25) is 14.3 Å². The average Bonchev–Trinajstić information content (AvgIpc) is 3.30. The Hall–Kier alpha value is -2.87. The Morgan fingerprint density at radius 1 is 0.862 bits per heavy atom. The molecule has 1 N–H and O–H groups in total. The van der Waals surface area contributed by atoms with Gasteiger partial charge in [-0.1, -0.05) is 0 Å². The second-order valence-corrected chi connectivity index (χ2v) is 9.08. The van der Waals surface area contributed by atoms with Gasteiger partial charge >= 0.3 is 0 Å². The SMILES string of the molecule is Cc1cc(S(=O)(=O)Nc2ccc(N3CCCC3=O)cc2)ccc1N1CCCC1=O. The molecule has 0 aliphatic carbocycles. The van der Waals surface area contributed by atoms with Gasteiger partial charge in [0.15, 0.2) is 0 Å². The highest BCUT2D eigenvalue weighted by molar-refractivity contribution is 7.92. The fourth-order valence-corrected chi connectivity index (χ4v) is 4.99. The van der Waals surface area contributed by atoms with Gasteiger partial charge in [0.1, 0.15) is 0 Å². The number of nitrogens with one attached hydrogen (secondary N) is 1. The molecule has 29 heavy (non-hydrogen) atoms. The van der Waals surface area contributed by atoms with Crippen LogP contribution in [0.1, 0.15) is 31.2 Å². The third-order valence-electron chi connectivity index (χ3n) is 5.35. The topological polar surface area (TPSA) is 86.8 Å². The molecule has 2 fully saturated rings. The number of benzene rings is 2. The van der Waals surface area contributed by atoms with E-state index in [-0.39, 0.29) is 16.7 Å². The van der Waals surface area contributed by atoms with Crippen LogP contribution in [-0.2, 0) is 19.6 Å². The first kappa shape index (κ1) is 19.4. The van der Waals surface area contributed by atoms with Crippen molar-refractivity contribution < 1.29 is 18.0 Å². The molecule has 2 aromatic rings. The molecule has 0 unspecified atom stereocenters. The first-order valence-corrected chi connectivity index (χ1v) is 11.2. The van der Waals surface area contributed by atoms with Crippen LogP contribution in [-0.4, -0.2) is 33.3 Å². The van der Waals surface area contributed by atoms with Crippen LogP contribution in [0.4, 0.5) is 17.1 Å². The van der Waals surface area contributed by atoms with Gasteiger partial charge < -0.3 is 9.80 Å². The first-order valence-electron chi connectivity index (χ1n) is 9.69. The van der Waals surface area contributed by atoms with Gasteiger partial charge in [-0.05, 0) is 67.8 Å². The molecular weight excluding hydrogens is 390 g/mol. The van der Waals surface area contributed by atoms with Crippen LogP contribution in [0.3, 0.4) is 0 Å². The smallest absolute Gasteiger partial charge is 0.261 e. The van der Waals surface area contributed by atoms with Crippen molar-refractivity contribution in [3.05, 3.63) is 48.0 Å². The standard InChI is InChI=1S/C21H23N3O4S/c1-15-14-18(10-11-19(15)24-13-3-5-21(24)26)29(27,28)22-16-6-8-17(9-7-16)23-12-2-4-20(23)25/h6-11,14,22H,2-5,12-13H2,1H3. The largest absolute Gasteiger partial charge is 0.312 e. The van der Waals surface area contributed by atoms with Crippen LogP contribution in [0.25, 0.3) is 0 Å². The quantitative estimate of drug-likeness (QED) is 0.816. The molecule has 7 nitrogen and oxygen atoms in total. The van der Waals surface area contributed by atoms with Crippen LogP contribution in [0, 0.1) is 6.92 Å². The average molecular weight is 413 g/mol. The van der Waals surface area contributed by atoms with E-state index < -0.39 is 10.0 Å².